The monoisotopic (exact) mass is 289 g/mol. The molecule has 0 fully saturated rings. The van der Waals surface area contributed by atoms with Gasteiger partial charge in [-0.3, -0.25) is 0 Å². The third kappa shape index (κ3) is 5.19. The number of benzene rings is 1. The fraction of sp³-hybridized carbons (Fsp3) is 0.571. The van der Waals surface area contributed by atoms with Crippen LogP contribution in [-0.4, -0.2) is 16.0 Å². The molecule has 2 atom stereocenters. The first-order chi connectivity index (χ1) is 7.85. The molecule has 1 aromatic carbocycles. The van der Waals surface area contributed by atoms with Gasteiger partial charge in [0.15, 0.2) is 0 Å². The van der Waals surface area contributed by atoms with Crippen LogP contribution >= 0.6 is 24.2 Å². The molecule has 0 bridgehead atoms. The minimum absolute atomic E-state index is 0. The molecule has 0 saturated carbocycles. The van der Waals surface area contributed by atoms with Gasteiger partial charge in [-0.1, -0.05) is 45.9 Å². The summed E-state index contributed by atoms with van der Waals surface area (Å²) < 4.78 is 0.146. The van der Waals surface area contributed by atoms with Crippen molar-refractivity contribution in [2.75, 3.05) is 0 Å². The van der Waals surface area contributed by atoms with Crippen molar-refractivity contribution in [3.05, 3.63) is 29.8 Å². The molecule has 0 heterocycles. The molecule has 0 saturated heterocycles. The Bertz CT molecular complexity index is 365. The van der Waals surface area contributed by atoms with Gasteiger partial charge >= 0.3 is 0 Å². The van der Waals surface area contributed by atoms with E-state index in [1.54, 1.807) is 11.8 Å². The van der Waals surface area contributed by atoms with Crippen molar-refractivity contribution >= 4 is 24.2 Å². The highest BCUT2D eigenvalue weighted by Crippen LogP contribution is 2.36. The molecule has 18 heavy (non-hydrogen) atoms. The summed E-state index contributed by atoms with van der Waals surface area (Å²) in [5.41, 5.74) is 7.15. The van der Waals surface area contributed by atoms with Crippen LogP contribution in [0.4, 0.5) is 0 Å². The third-order valence-electron chi connectivity index (χ3n) is 2.53. The molecule has 4 heteroatoms. The Labute approximate surface area is 121 Å². The van der Waals surface area contributed by atoms with Gasteiger partial charge in [-0.2, -0.15) is 0 Å². The molecule has 1 rings (SSSR count). The maximum atomic E-state index is 9.87. The molecule has 104 valence electrons. The van der Waals surface area contributed by atoms with Crippen molar-refractivity contribution in [3.63, 3.8) is 0 Å². The van der Waals surface area contributed by atoms with Crippen LogP contribution in [0.1, 0.15) is 45.7 Å². The van der Waals surface area contributed by atoms with E-state index >= 15 is 0 Å². The van der Waals surface area contributed by atoms with Crippen LogP contribution in [0.15, 0.2) is 29.2 Å². The summed E-state index contributed by atoms with van der Waals surface area (Å²) in [5.74, 6) is 0. The summed E-state index contributed by atoms with van der Waals surface area (Å²) in [6.07, 6.45) is 0.201. The highest BCUT2D eigenvalue weighted by Gasteiger charge is 2.21. The molecule has 1 aromatic rings. The number of nitrogens with two attached hydrogens (primary N) is 1. The zero-order valence-corrected chi connectivity index (χ0v) is 13.1. The van der Waals surface area contributed by atoms with Gasteiger partial charge in [0.1, 0.15) is 0 Å². The lowest BCUT2D eigenvalue weighted by atomic mass is 10.0. The first kappa shape index (κ1) is 17.8. The molecule has 0 radical (unpaired) electrons. The largest absolute Gasteiger partial charge is 0.391 e. The Balaban J connectivity index is 0.00000289. The zero-order valence-electron chi connectivity index (χ0n) is 11.5. The Morgan fingerprint density at radius 1 is 1.28 bits per heavy atom. The fourth-order valence-corrected chi connectivity index (χ4v) is 2.77. The fourth-order valence-electron chi connectivity index (χ4n) is 1.64. The summed E-state index contributed by atoms with van der Waals surface area (Å²) in [6, 6.07) is 7.78. The van der Waals surface area contributed by atoms with Crippen LogP contribution in [0.2, 0.25) is 0 Å². The number of hydrogen-bond donors (Lipinski definition) is 2. The molecule has 0 spiro atoms. The Hall–Kier alpha value is -0.220. The van der Waals surface area contributed by atoms with Crippen molar-refractivity contribution in [2.24, 2.45) is 5.73 Å². The molecule has 0 aromatic heterocycles. The number of rotatable bonds is 4. The van der Waals surface area contributed by atoms with Gasteiger partial charge in [-0.25, -0.2) is 0 Å². The third-order valence-corrected chi connectivity index (χ3v) is 3.73. The molecular formula is C14H24ClNOS. The van der Waals surface area contributed by atoms with Crippen molar-refractivity contribution in [1.29, 1.82) is 0 Å². The quantitative estimate of drug-likeness (QED) is 0.830. The second kappa shape index (κ2) is 7.39. The minimum Gasteiger partial charge on any atom is -0.391 e. The summed E-state index contributed by atoms with van der Waals surface area (Å²) in [4.78, 5) is 1.17. The van der Waals surface area contributed by atoms with E-state index in [9.17, 15) is 5.11 Å². The normalized spacial score (nSPS) is 14.8. The van der Waals surface area contributed by atoms with Crippen LogP contribution < -0.4 is 5.73 Å². The van der Waals surface area contributed by atoms with Gasteiger partial charge in [0.05, 0.1) is 12.1 Å². The van der Waals surface area contributed by atoms with E-state index < -0.39 is 6.10 Å². The van der Waals surface area contributed by atoms with E-state index in [-0.39, 0.29) is 23.2 Å². The lowest BCUT2D eigenvalue weighted by molar-refractivity contribution is 0.140. The lowest BCUT2D eigenvalue weighted by Gasteiger charge is -2.24. The SMILES string of the molecule is CC[C@H](O)[C@H](N)c1ccccc1SC(C)(C)C.Cl. The standard InChI is InChI=1S/C14H23NOS.ClH/c1-5-11(16)13(15)10-8-6-7-9-12(10)17-14(2,3)4;/h6-9,11,13,16H,5,15H2,1-4H3;1H/t11-,13+;/m0./s1. The Morgan fingerprint density at radius 3 is 2.33 bits per heavy atom. The summed E-state index contributed by atoms with van der Waals surface area (Å²) >= 11 is 1.79. The summed E-state index contributed by atoms with van der Waals surface area (Å²) in [6.45, 7) is 8.48. The average Bonchev–Trinajstić information content (AvgIpc) is 2.25. The Kier molecular flexibility index (Phi) is 7.30. The first-order valence-corrected chi connectivity index (χ1v) is 6.88. The minimum atomic E-state index is -0.475. The Morgan fingerprint density at radius 2 is 1.83 bits per heavy atom. The number of halogens is 1. The predicted octanol–water partition coefficient (Wildman–Crippen LogP) is 3.77. The maximum absolute atomic E-state index is 9.87. The van der Waals surface area contributed by atoms with E-state index in [4.69, 9.17) is 5.73 Å². The van der Waals surface area contributed by atoms with Gasteiger partial charge < -0.3 is 10.8 Å². The van der Waals surface area contributed by atoms with Crippen LogP contribution in [-0.2, 0) is 0 Å². The lowest BCUT2D eigenvalue weighted by Crippen LogP contribution is -2.26. The average molecular weight is 290 g/mol. The van der Waals surface area contributed by atoms with Crippen LogP contribution in [0.3, 0.4) is 0 Å². The summed E-state index contributed by atoms with van der Waals surface area (Å²) in [7, 11) is 0. The molecule has 0 aliphatic carbocycles. The molecular weight excluding hydrogens is 266 g/mol. The van der Waals surface area contributed by atoms with E-state index in [1.165, 1.54) is 4.90 Å². The van der Waals surface area contributed by atoms with Crippen LogP contribution in [0.5, 0.6) is 0 Å². The maximum Gasteiger partial charge on any atom is 0.0730 e. The second-order valence-electron chi connectivity index (χ2n) is 5.25. The number of hydrogen-bond acceptors (Lipinski definition) is 3. The van der Waals surface area contributed by atoms with Crippen molar-refractivity contribution < 1.29 is 5.11 Å². The predicted molar refractivity (Wildman–Crippen MR) is 82.5 cm³/mol. The molecule has 0 aliphatic rings. The highest BCUT2D eigenvalue weighted by molar-refractivity contribution is 8.00. The van der Waals surface area contributed by atoms with Crippen LogP contribution in [0.25, 0.3) is 0 Å². The topological polar surface area (TPSA) is 46.2 Å². The van der Waals surface area contributed by atoms with Crippen molar-refractivity contribution in [2.45, 2.75) is 55.9 Å². The molecule has 0 amide bonds. The number of aliphatic hydroxyl groups excluding tert-OH is 1. The van der Waals surface area contributed by atoms with E-state index in [0.29, 0.717) is 6.42 Å². The highest BCUT2D eigenvalue weighted by atomic mass is 35.5. The molecule has 2 nitrogen and oxygen atoms in total. The molecule has 3 N–H and O–H groups in total. The smallest absolute Gasteiger partial charge is 0.0730 e. The van der Waals surface area contributed by atoms with Gasteiger partial charge in [-0.15, -0.1) is 24.2 Å². The van der Waals surface area contributed by atoms with Crippen LogP contribution in [0, 0.1) is 0 Å². The van der Waals surface area contributed by atoms with Gasteiger partial charge in [0, 0.05) is 9.64 Å². The van der Waals surface area contributed by atoms with E-state index in [1.807, 2.05) is 25.1 Å². The van der Waals surface area contributed by atoms with Gasteiger partial charge in [0.2, 0.25) is 0 Å². The second-order valence-corrected chi connectivity index (χ2v) is 7.12. The van der Waals surface area contributed by atoms with E-state index in [2.05, 4.69) is 26.8 Å². The summed E-state index contributed by atoms with van der Waals surface area (Å²) in [5, 5.41) is 9.87. The molecule has 0 unspecified atom stereocenters. The van der Waals surface area contributed by atoms with Gasteiger partial charge in [0.25, 0.3) is 0 Å². The van der Waals surface area contributed by atoms with E-state index in [0.717, 1.165) is 5.56 Å². The number of aliphatic hydroxyl groups is 1. The number of thioether (sulfide) groups is 1. The first-order valence-electron chi connectivity index (χ1n) is 6.06. The van der Waals surface area contributed by atoms with Crippen molar-refractivity contribution in [1.82, 2.24) is 0 Å². The molecule has 0 aliphatic heterocycles. The van der Waals surface area contributed by atoms with Gasteiger partial charge in [-0.05, 0) is 18.1 Å². The zero-order chi connectivity index (χ0) is 13.1. The van der Waals surface area contributed by atoms with Crippen molar-refractivity contribution in [3.8, 4) is 0 Å².